The van der Waals surface area contributed by atoms with E-state index >= 15 is 0 Å². The van der Waals surface area contributed by atoms with Crippen LogP contribution >= 0.6 is 0 Å². The summed E-state index contributed by atoms with van der Waals surface area (Å²) in [7, 11) is 3.12. The quantitative estimate of drug-likeness (QED) is 0.276. The van der Waals surface area contributed by atoms with Crippen LogP contribution < -0.4 is 4.74 Å². The van der Waals surface area contributed by atoms with Crippen LogP contribution in [0.3, 0.4) is 0 Å². The first-order valence-electron chi connectivity index (χ1n) is 11.3. The highest BCUT2D eigenvalue weighted by Crippen LogP contribution is 2.29. The van der Waals surface area contributed by atoms with E-state index in [0.29, 0.717) is 45.8 Å². The van der Waals surface area contributed by atoms with Crippen molar-refractivity contribution in [2.75, 3.05) is 20.8 Å². The summed E-state index contributed by atoms with van der Waals surface area (Å²) in [5.41, 5.74) is 2.60. The van der Waals surface area contributed by atoms with Gasteiger partial charge in [0.15, 0.2) is 17.1 Å². The highest BCUT2D eigenvalue weighted by atomic mass is 16.5. The molecule has 0 atom stereocenters. The maximum absolute atomic E-state index is 12.3. The van der Waals surface area contributed by atoms with Crippen LogP contribution in [-0.2, 0) is 22.7 Å². The van der Waals surface area contributed by atoms with E-state index in [1.54, 1.807) is 43.9 Å². The Morgan fingerprint density at radius 2 is 1.89 bits per heavy atom. The Hall–Kier alpha value is -4.55. The number of ether oxygens (including phenoxy) is 3. The van der Waals surface area contributed by atoms with Crippen molar-refractivity contribution in [2.45, 2.75) is 20.1 Å². The van der Waals surface area contributed by atoms with Crippen LogP contribution in [0.5, 0.6) is 5.88 Å². The third-order valence-electron chi connectivity index (χ3n) is 5.38. The van der Waals surface area contributed by atoms with Gasteiger partial charge in [-0.2, -0.15) is 4.52 Å². The van der Waals surface area contributed by atoms with Gasteiger partial charge in [0.05, 0.1) is 17.9 Å². The second-order valence-electron chi connectivity index (χ2n) is 8.13. The third-order valence-corrected chi connectivity index (χ3v) is 5.38. The van der Waals surface area contributed by atoms with Crippen LogP contribution in [0.25, 0.3) is 27.9 Å². The Bertz CT molecular complexity index is 1590. The zero-order chi connectivity index (χ0) is 25.8. The summed E-state index contributed by atoms with van der Waals surface area (Å²) in [5, 5.41) is 18.9. The molecule has 0 spiro atoms. The topological polar surface area (TPSA) is 139 Å². The van der Waals surface area contributed by atoms with E-state index in [4.69, 9.17) is 18.7 Å². The number of hydrogen-bond donors (Lipinski definition) is 0. The summed E-state index contributed by atoms with van der Waals surface area (Å²) >= 11 is 0. The molecule has 0 saturated carbocycles. The molecule has 0 fully saturated rings. The first kappa shape index (κ1) is 24.2. The molecule has 4 heterocycles. The molecule has 12 heteroatoms. The number of pyridine rings is 1. The van der Waals surface area contributed by atoms with E-state index < -0.39 is 0 Å². The molecule has 0 aliphatic carbocycles. The molecule has 0 N–H and O–H groups in total. The number of rotatable bonds is 9. The van der Waals surface area contributed by atoms with E-state index in [2.05, 4.69) is 30.4 Å². The maximum atomic E-state index is 12.3. The normalized spacial score (nSPS) is 11.9. The van der Waals surface area contributed by atoms with Crippen molar-refractivity contribution in [3.8, 4) is 17.4 Å². The van der Waals surface area contributed by atoms with E-state index in [-0.39, 0.29) is 25.7 Å². The average molecular weight is 502 g/mol. The van der Waals surface area contributed by atoms with Gasteiger partial charge >= 0.3 is 0 Å². The predicted molar refractivity (Wildman–Crippen MR) is 132 cm³/mol. The lowest BCUT2D eigenvalue weighted by atomic mass is 10.2. The van der Waals surface area contributed by atoms with Crippen LogP contribution in [0.2, 0.25) is 0 Å². The van der Waals surface area contributed by atoms with Crippen LogP contribution in [-0.4, -0.2) is 62.4 Å². The summed E-state index contributed by atoms with van der Waals surface area (Å²) in [6.07, 6.45) is 1.47. The summed E-state index contributed by atoms with van der Waals surface area (Å²) in [6, 6.07) is 12.7. The Balaban J connectivity index is 1.42. The third kappa shape index (κ3) is 5.06. The molecule has 0 bridgehead atoms. The van der Waals surface area contributed by atoms with E-state index in [9.17, 15) is 4.79 Å². The van der Waals surface area contributed by atoms with Gasteiger partial charge < -0.3 is 18.7 Å². The predicted octanol–water partition coefficient (Wildman–Crippen LogP) is 3.30. The van der Waals surface area contributed by atoms with Gasteiger partial charge in [-0.05, 0) is 25.1 Å². The van der Waals surface area contributed by atoms with Crippen molar-refractivity contribution in [1.29, 1.82) is 0 Å². The molecule has 0 aliphatic heterocycles. The Kier molecular flexibility index (Phi) is 6.92. The molecular formula is C25H23N7O5. The lowest BCUT2D eigenvalue weighted by Crippen LogP contribution is -2.07. The van der Waals surface area contributed by atoms with Crippen molar-refractivity contribution < 1.29 is 23.5 Å². The minimum atomic E-state index is -0.380. The minimum absolute atomic E-state index is 0.127. The largest absolute Gasteiger partial charge is 0.470 e. The monoisotopic (exact) mass is 501 g/mol. The number of amides is 1. The van der Waals surface area contributed by atoms with Gasteiger partial charge in [-0.25, -0.2) is 4.99 Å². The van der Waals surface area contributed by atoms with Crippen molar-refractivity contribution in [2.24, 2.45) is 4.99 Å². The van der Waals surface area contributed by atoms with E-state index in [1.807, 2.05) is 24.3 Å². The molecule has 0 unspecified atom stereocenters. The standard InChI is InChI=1S/C25H23N7O5/c1-15(12-34-2)27-24(33)16-8-9-17(26-11-16)13-36-25-20-7-5-4-6-19(20)22-28-29-23(32(22)30-25)21-10-18(14-35-3)37-31-21/h4-11H,12-14H2,1-3H3. The highest BCUT2D eigenvalue weighted by Gasteiger charge is 2.19. The van der Waals surface area contributed by atoms with Crippen LogP contribution in [0.1, 0.15) is 28.7 Å². The van der Waals surface area contributed by atoms with Crippen molar-refractivity contribution >= 4 is 28.0 Å². The van der Waals surface area contributed by atoms with Crippen LogP contribution in [0, 0.1) is 0 Å². The molecule has 0 aliphatic rings. The molecule has 37 heavy (non-hydrogen) atoms. The van der Waals surface area contributed by atoms with E-state index in [0.717, 1.165) is 10.8 Å². The Morgan fingerprint density at radius 1 is 1.05 bits per heavy atom. The highest BCUT2D eigenvalue weighted by molar-refractivity contribution is 6.03. The fourth-order valence-electron chi connectivity index (χ4n) is 3.70. The molecule has 0 saturated heterocycles. The number of methoxy groups -OCH3 is 2. The van der Waals surface area contributed by atoms with Crippen molar-refractivity contribution in [3.63, 3.8) is 0 Å². The summed E-state index contributed by atoms with van der Waals surface area (Å²) in [5.74, 6) is 0.946. The number of nitrogens with zero attached hydrogens (tertiary/aromatic N) is 7. The molecule has 12 nitrogen and oxygen atoms in total. The van der Waals surface area contributed by atoms with Gasteiger partial charge in [-0.3, -0.25) is 9.78 Å². The number of fused-ring (bicyclic) bond motifs is 3. The van der Waals surface area contributed by atoms with Gasteiger partial charge in [0.1, 0.15) is 13.2 Å². The zero-order valence-electron chi connectivity index (χ0n) is 20.4. The molecule has 5 rings (SSSR count). The molecule has 188 valence electrons. The SMILES string of the molecule is COCC(C)=NC(=O)c1ccc(COc2nn3c(-c4cc(COC)on4)nnc3c3ccccc23)nc1. The van der Waals surface area contributed by atoms with Gasteiger partial charge in [-0.1, -0.05) is 23.4 Å². The molecule has 0 radical (unpaired) electrons. The average Bonchev–Trinajstić information content (AvgIpc) is 3.55. The summed E-state index contributed by atoms with van der Waals surface area (Å²) in [4.78, 5) is 20.6. The summed E-state index contributed by atoms with van der Waals surface area (Å²) in [6.45, 7) is 2.43. The molecule has 1 aromatic carbocycles. The first-order valence-corrected chi connectivity index (χ1v) is 11.3. The lowest BCUT2D eigenvalue weighted by Gasteiger charge is -2.09. The minimum Gasteiger partial charge on any atom is -0.470 e. The summed E-state index contributed by atoms with van der Waals surface area (Å²) < 4.78 is 23.0. The number of hydrogen-bond acceptors (Lipinski definition) is 10. The zero-order valence-corrected chi connectivity index (χ0v) is 20.4. The van der Waals surface area contributed by atoms with Gasteiger partial charge in [0, 0.05) is 43.0 Å². The number of carbonyl (C=O) groups is 1. The number of carbonyl (C=O) groups excluding carboxylic acids is 1. The van der Waals surface area contributed by atoms with Crippen LogP contribution in [0.4, 0.5) is 0 Å². The lowest BCUT2D eigenvalue weighted by molar-refractivity contribution is 0.100. The van der Waals surface area contributed by atoms with Gasteiger partial charge in [0.2, 0.25) is 11.7 Å². The molecular weight excluding hydrogens is 478 g/mol. The van der Waals surface area contributed by atoms with E-state index in [1.165, 1.54) is 6.20 Å². The molecule has 5 aromatic rings. The molecule has 1 amide bonds. The molecule has 4 aromatic heterocycles. The smallest absolute Gasteiger partial charge is 0.278 e. The first-order chi connectivity index (χ1) is 18.1. The second kappa shape index (κ2) is 10.6. The van der Waals surface area contributed by atoms with Crippen LogP contribution in [0.15, 0.2) is 58.2 Å². The number of benzene rings is 1. The maximum Gasteiger partial charge on any atom is 0.278 e. The van der Waals surface area contributed by atoms with Crippen molar-refractivity contribution in [1.82, 2.24) is 30.0 Å². The Labute approximate surface area is 210 Å². The van der Waals surface area contributed by atoms with Gasteiger partial charge in [-0.15, -0.1) is 15.3 Å². The fraction of sp³-hybridized carbons (Fsp3) is 0.240. The fourth-order valence-corrected chi connectivity index (χ4v) is 3.70. The number of aliphatic imine (C=N–C) groups is 1. The second-order valence-corrected chi connectivity index (χ2v) is 8.13. The van der Waals surface area contributed by atoms with Crippen molar-refractivity contribution in [3.05, 3.63) is 65.7 Å². The number of aromatic nitrogens is 6. The Morgan fingerprint density at radius 3 is 2.65 bits per heavy atom. The van der Waals surface area contributed by atoms with Gasteiger partial charge in [0.25, 0.3) is 5.91 Å².